The van der Waals surface area contributed by atoms with Crippen molar-refractivity contribution in [2.45, 2.75) is 51.6 Å². The topological polar surface area (TPSA) is 31.6 Å². The molecule has 1 rings (SSSR count). The molecule has 0 unspecified atom stereocenters. The maximum atomic E-state index is 5.43. The SMILES string of the molecule is CCCCc1cc[n+](CCCC[Si](OC)(OC)OC)cc1. The number of aromatic nitrogens is 1. The first-order chi connectivity index (χ1) is 10.2. The van der Waals surface area contributed by atoms with Crippen LogP contribution in [0.2, 0.25) is 6.04 Å². The van der Waals surface area contributed by atoms with E-state index in [0.717, 1.165) is 25.4 Å². The first-order valence-corrected chi connectivity index (χ1v) is 9.76. The third kappa shape index (κ3) is 6.26. The van der Waals surface area contributed by atoms with Gasteiger partial charge in [-0.1, -0.05) is 13.3 Å². The summed E-state index contributed by atoms with van der Waals surface area (Å²) in [5.41, 5.74) is 1.43. The van der Waals surface area contributed by atoms with Crippen molar-refractivity contribution < 1.29 is 17.8 Å². The second-order valence-electron chi connectivity index (χ2n) is 5.30. The van der Waals surface area contributed by atoms with Crippen molar-refractivity contribution in [1.29, 1.82) is 0 Å². The number of unbranched alkanes of at least 4 members (excludes halogenated alkanes) is 2. The van der Waals surface area contributed by atoms with Gasteiger partial charge in [-0.05, 0) is 24.8 Å². The van der Waals surface area contributed by atoms with E-state index >= 15 is 0 Å². The molecule has 0 fully saturated rings. The lowest BCUT2D eigenvalue weighted by Crippen LogP contribution is -2.42. The molecule has 120 valence electrons. The summed E-state index contributed by atoms with van der Waals surface area (Å²) in [6.45, 7) is 3.25. The van der Waals surface area contributed by atoms with E-state index in [1.165, 1.54) is 24.8 Å². The number of hydrogen-bond acceptors (Lipinski definition) is 3. The third-order valence-corrected chi connectivity index (χ3v) is 6.69. The Morgan fingerprint density at radius 2 is 1.57 bits per heavy atom. The van der Waals surface area contributed by atoms with E-state index in [0.29, 0.717) is 0 Å². The van der Waals surface area contributed by atoms with Gasteiger partial charge in [-0.3, -0.25) is 0 Å². The van der Waals surface area contributed by atoms with Gasteiger partial charge in [-0.15, -0.1) is 0 Å². The molecule has 1 aromatic heterocycles. The van der Waals surface area contributed by atoms with Crippen LogP contribution in [0.5, 0.6) is 0 Å². The van der Waals surface area contributed by atoms with E-state index in [-0.39, 0.29) is 0 Å². The van der Waals surface area contributed by atoms with Gasteiger partial charge in [0.25, 0.3) is 0 Å². The second kappa shape index (κ2) is 10.1. The lowest BCUT2D eigenvalue weighted by molar-refractivity contribution is -0.697. The molecule has 5 heteroatoms. The van der Waals surface area contributed by atoms with E-state index in [1.54, 1.807) is 21.3 Å². The molecule has 0 radical (unpaired) electrons. The van der Waals surface area contributed by atoms with Crippen LogP contribution in [-0.4, -0.2) is 30.1 Å². The van der Waals surface area contributed by atoms with Crippen molar-refractivity contribution in [3.63, 3.8) is 0 Å². The summed E-state index contributed by atoms with van der Waals surface area (Å²) in [6, 6.07) is 5.33. The Kier molecular flexibility index (Phi) is 8.76. The van der Waals surface area contributed by atoms with Crippen molar-refractivity contribution in [2.75, 3.05) is 21.3 Å². The summed E-state index contributed by atoms with van der Waals surface area (Å²) in [5, 5.41) is 0. The monoisotopic (exact) mass is 312 g/mol. The fourth-order valence-electron chi connectivity index (χ4n) is 2.38. The summed E-state index contributed by atoms with van der Waals surface area (Å²) in [6.07, 6.45) is 10.2. The van der Waals surface area contributed by atoms with Gasteiger partial charge in [-0.25, -0.2) is 4.57 Å². The van der Waals surface area contributed by atoms with E-state index < -0.39 is 8.80 Å². The quantitative estimate of drug-likeness (QED) is 0.358. The standard InChI is InChI=1S/C16H30NO3Si/c1-5-6-9-16-10-13-17(14-11-16)12-7-8-15-21(18-2,19-3)20-4/h10-11,13-14H,5-9,12,15H2,1-4H3/q+1. The highest BCUT2D eigenvalue weighted by Gasteiger charge is 2.36. The van der Waals surface area contributed by atoms with Crippen molar-refractivity contribution >= 4 is 8.80 Å². The molecule has 0 saturated carbocycles. The van der Waals surface area contributed by atoms with Crippen LogP contribution in [0.15, 0.2) is 24.5 Å². The fraction of sp³-hybridized carbons (Fsp3) is 0.688. The Labute approximate surface area is 130 Å². The molecular formula is C16H30NO3Si+. The van der Waals surface area contributed by atoms with Crippen LogP contribution in [0.1, 0.15) is 38.2 Å². The third-order valence-electron chi connectivity index (χ3n) is 3.86. The van der Waals surface area contributed by atoms with Crippen molar-refractivity contribution in [2.24, 2.45) is 0 Å². The predicted octanol–water partition coefficient (Wildman–Crippen LogP) is 2.98. The van der Waals surface area contributed by atoms with Gasteiger partial charge in [0.05, 0.1) is 0 Å². The highest BCUT2D eigenvalue weighted by Crippen LogP contribution is 2.16. The van der Waals surface area contributed by atoms with Crippen LogP contribution in [-0.2, 0) is 26.2 Å². The second-order valence-corrected chi connectivity index (χ2v) is 8.39. The molecule has 0 aromatic carbocycles. The van der Waals surface area contributed by atoms with Gasteiger partial charge in [0.2, 0.25) is 0 Å². The van der Waals surface area contributed by atoms with Gasteiger partial charge in [-0.2, -0.15) is 0 Å². The lowest BCUT2D eigenvalue weighted by atomic mass is 10.1. The van der Waals surface area contributed by atoms with E-state index in [4.69, 9.17) is 13.3 Å². The van der Waals surface area contributed by atoms with Crippen LogP contribution in [0.25, 0.3) is 0 Å². The van der Waals surface area contributed by atoms with Crippen LogP contribution in [0.3, 0.4) is 0 Å². The number of nitrogens with zero attached hydrogens (tertiary/aromatic N) is 1. The molecular weight excluding hydrogens is 282 g/mol. The van der Waals surface area contributed by atoms with E-state index in [2.05, 4.69) is 36.0 Å². The maximum absolute atomic E-state index is 5.43. The molecule has 0 aliphatic carbocycles. The number of aryl methyl sites for hydroxylation is 2. The normalized spacial score (nSPS) is 11.8. The smallest absolute Gasteiger partial charge is 0.377 e. The molecule has 0 aliphatic rings. The van der Waals surface area contributed by atoms with E-state index in [1.807, 2.05) is 0 Å². The first kappa shape index (κ1) is 18.3. The van der Waals surface area contributed by atoms with Crippen LogP contribution in [0.4, 0.5) is 0 Å². The number of pyridine rings is 1. The van der Waals surface area contributed by atoms with Gasteiger partial charge < -0.3 is 13.3 Å². The van der Waals surface area contributed by atoms with E-state index in [9.17, 15) is 0 Å². The minimum atomic E-state index is -2.39. The zero-order chi connectivity index (χ0) is 15.6. The highest BCUT2D eigenvalue weighted by atomic mass is 28.4. The largest absolute Gasteiger partial charge is 0.500 e. The summed E-state index contributed by atoms with van der Waals surface area (Å²) < 4.78 is 18.5. The highest BCUT2D eigenvalue weighted by molar-refractivity contribution is 6.60. The van der Waals surface area contributed by atoms with Gasteiger partial charge in [0, 0.05) is 45.9 Å². The molecule has 0 amide bonds. The van der Waals surface area contributed by atoms with Crippen molar-refractivity contribution in [3.8, 4) is 0 Å². The zero-order valence-corrected chi connectivity index (χ0v) is 14.9. The van der Waals surface area contributed by atoms with Crippen molar-refractivity contribution in [1.82, 2.24) is 0 Å². The van der Waals surface area contributed by atoms with Gasteiger partial charge in [0.15, 0.2) is 12.4 Å². The average molecular weight is 313 g/mol. The minimum Gasteiger partial charge on any atom is -0.377 e. The molecule has 0 bridgehead atoms. The molecule has 0 N–H and O–H groups in total. The molecule has 0 spiro atoms. The summed E-state index contributed by atoms with van der Waals surface area (Å²) in [5.74, 6) is 0. The van der Waals surface area contributed by atoms with Gasteiger partial charge in [0.1, 0.15) is 6.54 Å². The summed E-state index contributed by atoms with van der Waals surface area (Å²) >= 11 is 0. The molecule has 21 heavy (non-hydrogen) atoms. The van der Waals surface area contributed by atoms with Crippen molar-refractivity contribution in [3.05, 3.63) is 30.1 Å². The maximum Gasteiger partial charge on any atom is 0.500 e. The Morgan fingerprint density at radius 3 is 2.10 bits per heavy atom. The first-order valence-electron chi connectivity index (χ1n) is 7.83. The minimum absolute atomic E-state index is 0.867. The van der Waals surface area contributed by atoms with Crippen LogP contribution in [0, 0.1) is 0 Å². The predicted molar refractivity (Wildman–Crippen MR) is 86.1 cm³/mol. The molecule has 0 saturated heterocycles. The van der Waals surface area contributed by atoms with Crippen LogP contribution < -0.4 is 4.57 Å². The molecule has 0 atom stereocenters. The Bertz CT molecular complexity index is 371. The molecule has 0 aliphatic heterocycles. The molecule has 1 aromatic rings. The average Bonchev–Trinajstić information content (AvgIpc) is 2.55. The Hall–Kier alpha value is -0.753. The number of hydrogen-bond donors (Lipinski definition) is 0. The fourth-order valence-corrected chi connectivity index (χ4v) is 4.17. The van der Waals surface area contributed by atoms with Gasteiger partial charge >= 0.3 is 8.80 Å². The zero-order valence-electron chi connectivity index (χ0n) is 13.9. The lowest BCUT2D eigenvalue weighted by Gasteiger charge is -2.23. The molecule has 1 heterocycles. The van der Waals surface area contributed by atoms with Crippen LogP contribution >= 0.6 is 0 Å². The Balaban J connectivity index is 2.32. The molecule has 4 nitrogen and oxygen atoms in total. The summed E-state index contributed by atoms with van der Waals surface area (Å²) in [4.78, 5) is 0. The Morgan fingerprint density at radius 1 is 0.952 bits per heavy atom. The summed E-state index contributed by atoms with van der Waals surface area (Å²) in [7, 11) is 2.62. The number of rotatable bonds is 11.